The molecule has 1 aliphatic heterocycles. The van der Waals surface area contributed by atoms with Gasteiger partial charge < -0.3 is 9.64 Å². The predicted molar refractivity (Wildman–Crippen MR) is 148 cm³/mol. The number of ether oxygens (including phenoxy) is 1. The number of hydrogen-bond donors (Lipinski definition) is 0. The second-order valence-electron chi connectivity index (χ2n) is 11.3. The van der Waals surface area contributed by atoms with Gasteiger partial charge in [-0.1, -0.05) is 85.2 Å². The maximum Gasteiger partial charge on any atom is 0.0875 e. The highest BCUT2D eigenvalue weighted by Gasteiger charge is 2.50. The average molecular weight is 463 g/mol. The molecule has 0 aromatic heterocycles. The minimum atomic E-state index is -0.263. The summed E-state index contributed by atoms with van der Waals surface area (Å²) in [5.74, 6) is 0. The Bertz CT molecular complexity index is 650. The lowest BCUT2D eigenvalue weighted by molar-refractivity contribution is -0.0990. The van der Waals surface area contributed by atoms with Crippen LogP contribution in [0.25, 0.3) is 0 Å². The Labute approximate surface area is 208 Å². The first-order valence-electron chi connectivity index (χ1n) is 13.4. The Morgan fingerprint density at radius 3 is 1.67 bits per heavy atom. The molecule has 1 aliphatic rings. The maximum atomic E-state index is 6.44. The first kappa shape index (κ1) is 32.1. The molecule has 0 aliphatic carbocycles. The van der Waals surface area contributed by atoms with E-state index in [2.05, 4.69) is 103 Å². The molecule has 0 N–H and O–H groups in total. The lowest BCUT2D eigenvalue weighted by atomic mass is 9.56. The Balaban J connectivity index is 0.00000242. The Morgan fingerprint density at radius 2 is 1.21 bits per heavy atom. The van der Waals surface area contributed by atoms with E-state index in [1.807, 2.05) is 27.7 Å². The van der Waals surface area contributed by atoms with E-state index in [9.17, 15) is 0 Å². The van der Waals surface area contributed by atoms with Crippen LogP contribution in [0, 0.1) is 17.8 Å². The largest absolute Gasteiger partial charge is 0.371 e. The molecule has 0 radical (unpaired) electrons. The summed E-state index contributed by atoms with van der Waals surface area (Å²) in [4.78, 5) is 5.14. The zero-order chi connectivity index (χ0) is 26.1. The number of aryl methyl sites for hydroxylation is 1. The quantitative estimate of drug-likeness (QED) is 0.392. The van der Waals surface area contributed by atoms with Crippen molar-refractivity contribution in [3.63, 3.8) is 0 Å². The number of hydrogen-bond acceptors (Lipinski definition) is 3. The standard InChI is InChI=1S/C26H46N2O.2C2H6/c1-21-11-13-22(14-12-21)24(4,5)29-20-15-23(2,3)25(6,7)26(8,9)28-18-16-27(10)17-19-28;2*1-2/h11-14H,15-20H2,1-10H3;2*1-2H3. The molecular weight excluding hydrogens is 404 g/mol. The van der Waals surface area contributed by atoms with Crippen molar-refractivity contribution in [2.24, 2.45) is 10.8 Å². The lowest BCUT2D eigenvalue weighted by Crippen LogP contribution is -2.63. The van der Waals surface area contributed by atoms with E-state index in [1.54, 1.807) is 0 Å². The van der Waals surface area contributed by atoms with Gasteiger partial charge in [-0.25, -0.2) is 0 Å². The van der Waals surface area contributed by atoms with Gasteiger partial charge in [-0.15, -0.1) is 0 Å². The first-order chi connectivity index (χ1) is 15.2. The number of rotatable bonds is 8. The van der Waals surface area contributed by atoms with Crippen molar-refractivity contribution in [3.05, 3.63) is 35.4 Å². The molecule has 0 spiro atoms. The third kappa shape index (κ3) is 8.08. The lowest BCUT2D eigenvalue weighted by Gasteiger charge is -2.58. The molecule has 1 saturated heterocycles. The molecule has 33 heavy (non-hydrogen) atoms. The summed E-state index contributed by atoms with van der Waals surface area (Å²) < 4.78 is 6.44. The summed E-state index contributed by atoms with van der Waals surface area (Å²) in [6.07, 6.45) is 1.05. The summed E-state index contributed by atoms with van der Waals surface area (Å²) in [6, 6.07) is 8.74. The van der Waals surface area contributed by atoms with Crippen molar-refractivity contribution in [1.82, 2.24) is 9.80 Å². The third-order valence-electron chi connectivity index (χ3n) is 8.45. The van der Waals surface area contributed by atoms with Gasteiger partial charge in [0.15, 0.2) is 0 Å². The van der Waals surface area contributed by atoms with Crippen LogP contribution in [0.1, 0.15) is 101 Å². The highest BCUT2D eigenvalue weighted by molar-refractivity contribution is 5.25. The molecule has 0 bridgehead atoms. The highest BCUT2D eigenvalue weighted by atomic mass is 16.5. The minimum absolute atomic E-state index is 0.129. The second kappa shape index (κ2) is 13.3. The number of piperazine rings is 1. The number of benzene rings is 1. The normalized spacial score (nSPS) is 16.4. The summed E-state index contributed by atoms with van der Waals surface area (Å²) >= 11 is 0. The van der Waals surface area contributed by atoms with Crippen LogP contribution in [0.5, 0.6) is 0 Å². The minimum Gasteiger partial charge on any atom is -0.371 e. The van der Waals surface area contributed by atoms with Crippen LogP contribution in [-0.2, 0) is 10.3 Å². The van der Waals surface area contributed by atoms with Gasteiger partial charge in [0, 0.05) is 38.3 Å². The zero-order valence-electron chi connectivity index (χ0n) is 24.9. The fourth-order valence-corrected chi connectivity index (χ4v) is 4.50. The molecular formula is C30H58N2O. The van der Waals surface area contributed by atoms with Crippen molar-refractivity contribution in [2.45, 2.75) is 108 Å². The van der Waals surface area contributed by atoms with Gasteiger partial charge in [0.05, 0.1) is 5.60 Å². The van der Waals surface area contributed by atoms with Crippen molar-refractivity contribution >= 4 is 0 Å². The fraction of sp³-hybridized carbons (Fsp3) is 0.800. The van der Waals surface area contributed by atoms with Gasteiger partial charge in [-0.05, 0) is 64.5 Å². The molecule has 1 fully saturated rings. The maximum absolute atomic E-state index is 6.44. The van der Waals surface area contributed by atoms with E-state index in [4.69, 9.17) is 4.74 Å². The van der Waals surface area contributed by atoms with E-state index in [0.29, 0.717) is 0 Å². The van der Waals surface area contributed by atoms with E-state index in [1.165, 1.54) is 11.1 Å². The molecule has 0 unspecified atom stereocenters. The molecule has 1 aromatic carbocycles. The zero-order valence-corrected chi connectivity index (χ0v) is 24.9. The predicted octanol–water partition coefficient (Wildman–Crippen LogP) is 7.77. The van der Waals surface area contributed by atoms with Crippen LogP contribution >= 0.6 is 0 Å². The van der Waals surface area contributed by atoms with Crippen LogP contribution in [0.3, 0.4) is 0 Å². The van der Waals surface area contributed by atoms with Gasteiger partial charge >= 0.3 is 0 Å². The van der Waals surface area contributed by atoms with Crippen LogP contribution in [-0.4, -0.2) is 55.2 Å². The van der Waals surface area contributed by atoms with Crippen molar-refractivity contribution < 1.29 is 4.74 Å². The van der Waals surface area contributed by atoms with E-state index >= 15 is 0 Å². The Kier molecular flexibility index (Phi) is 12.9. The summed E-state index contributed by atoms with van der Waals surface area (Å²) in [5, 5.41) is 0. The topological polar surface area (TPSA) is 15.7 Å². The molecule has 2 rings (SSSR count). The molecule has 194 valence electrons. The second-order valence-corrected chi connectivity index (χ2v) is 11.3. The number of likely N-dealkylation sites (N-methyl/N-ethyl adjacent to an activating group) is 1. The van der Waals surface area contributed by atoms with Crippen LogP contribution < -0.4 is 0 Å². The monoisotopic (exact) mass is 462 g/mol. The molecule has 3 nitrogen and oxygen atoms in total. The molecule has 0 amide bonds. The van der Waals surface area contributed by atoms with Crippen molar-refractivity contribution in [2.75, 3.05) is 39.8 Å². The van der Waals surface area contributed by atoms with Gasteiger partial charge in [-0.3, -0.25) is 4.90 Å². The fourth-order valence-electron chi connectivity index (χ4n) is 4.50. The van der Waals surface area contributed by atoms with Gasteiger partial charge in [0.1, 0.15) is 0 Å². The summed E-state index contributed by atoms with van der Waals surface area (Å²) in [5.41, 5.74) is 2.71. The summed E-state index contributed by atoms with van der Waals surface area (Å²) in [6.45, 7) is 34.5. The first-order valence-corrected chi connectivity index (χ1v) is 13.4. The molecule has 0 atom stereocenters. The summed E-state index contributed by atoms with van der Waals surface area (Å²) in [7, 11) is 2.23. The number of nitrogens with zero attached hydrogens (tertiary/aromatic N) is 2. The smallest absolute Gasteiger partial charge is 0.0875 e. The van der Waals surface area contributed by atoms with Crippen molar-refractivity contribution in [1.29, 1.82) is 0 Å². The van der Waals surface area contributed by atoms with E-state index in [0.717, 1.165) is 39.2 Å². The van der Waals surface area contributed by atoms with Crippen LogP contribution in [0.2, 0.25) is 0 Å². The molecule has 0 saturated carbocycles. The van der Waals surface area contributed by atoms with Crippen molar-refractivity contribution in [3.8, 4) is 0 Å². The molecule has 1 aromatic rings. The van der Waals surface area contributed by atoms with E-state index in [-0.39, 0.29) is 22.0 Å². The van der Waals surface area contributed by atoms with Crippen LogP contribution in [0.4, 0.5) is 0 Å². The molecule has 1 heterocycles. The Morgan fingerprint density at radius 1 is 0.758 bits per heavy atom. The van der Waals surface area contributed by atoms with Gasteiger partial charge in [-0.2, -0.15) is 0 Å². The Hall–Kier alpha value is -0.900. The third-order valence-corrected chi connectivity index (χ3v) is 8.45. The average Bonchev–Trinajstić information content (AvgIpc) is 2.76. The van der Waals surface area contributed by atoms with Gasteiger partial charge in [0.25, 0.3) is 0 Å². The highest BCUT2D eigenvalue weighted by Crippen LogP contribution is 2.51. The SMILES string of the molecule is CC.CC.Cc1ccc(C(C)(C)OCCC(C)(C)C(C)(C)C(C)(C)N2CCN(C)CC2)cc1. The van der Waals surface area contributed by atoms with Crippen LogP contribution in [0.15, 0.2) is 24.3 Å². The molecule has 3 heteroatoms. The van der Waals surface area contributed by atoms with Gasteiger partial charge in [0.2, 0.25) is 0 Å². The van der Waals surface area contributed by atoms with E-state index < -0.39 is 0 Å².